The highest BCUT2D eigenvalue weighted by Gasteiger charge is 2.23. The Morgan fingerprint density at radius 1 is 1.15 bits per heavy atom. The average molecular weight is 285 g/mol. The fourth-order valence-electron chi connectivity index (χ4n) is 3.25. The van der Waals surface area contributed by atoms with Gasteiger partial charge in [-0.3, -0.25) is 4.79 Å². The number of nitrogens with one attached hydrogen (secondary N) is 2. The molecule has 1 rings (SSSR count). The first kappa shape index (κ1) is 17.4. The van der Waals surface area contributed by atoms with E-state index < -0.39 is 0 Å². The normalized spacial score (nSPS) is 18.2. The summed E-state index contributed by atoms with van der Waals surface area (Å²) in [6.07, 6.45) is 4.86. The maximum atomic E-state index is 12.1. The van der Waals surface area contributed by atoms with Gasteiger partial charge in [-0.05, 0) is 47.5 Å². The summed E-state index contributed by atoms with van der Waals surface area (Å²) in [5.41, 5.74) is 0. The van der Waals surface area contributed by atoms with E-state index in [1.807, 2.05) is 6.92 Å². The quantitative estimate of drug-likeness (QED) is 0.563. The second kappa shape index (κ2) is 8.63. The number of carbonyl (C=O) groups excluding carboxylic acids is 1. The van der Waals surface area contributed by atoms with Crippen molar-refractivity contribution < 1.29 is 15.0 Å². The van der Waals surface area contributed by atoms with Crippen LogP contribution in [0.25, 0.3) is 0 Å². The van der Waals surface area contributed by atoms with Gasteiger partial charge in [-0.2, -0.15) is 0 Å². The number of amides is 1. The summed E-state index contributed by atoms with van der Waals surface area (Å²) in [6, 6.07) is 1.76. The van der Waals surface area contributed by atoms with E-state index >= 15 is 0 Å². The molecule has 0 aromatic carbocycles. The van der Waals surface area contributed by atoms with Crippen molar-refractivity contribution in [3.63, 3.8) is 0 Å². The lowest BCUT2D eigenvalue weighted by Gasteiger charge is -2.27. The molecule has 1 aliphatic carbocycles. The zero-order chi connectivity index (χ0) is 15.1. The summed E-state index contributed by atoms with van der Waals surface area (Å²) in [5.74, 6) is 0.215. The number of nitrogens with two attached hydrogens (primary N) is 1. The standard InChI is InChI=1S/C16H33N3O/c1-12(2)19(13(3)4)11-10-17-14(5)16(20)18-15-8-6-7-9-15/h12-15,17H,6-11H2,1-5H3,(H,18,20)/p+2/t14-/m0/s1. The molecule has 118 valence electrons. The predicted molar refractivity (Wildman–Crippen MR) is 82.8 cm³/mol. The molecule has 1 aliphatic rings. The first-order valence-electron chi connectivity index (χ1n) is 8.41. The Bertz CT molecular complexity index is 277. The third kappa shape index (κ3) is 5.80. The van der Waals surface area contributed by atoms with Crippen LogP contribution in [0.2, 0.25) is 0 Å². The van der Waals surface area contributed by atoms with Gasteiger partial charge in [0.1, 0.15) is 13.1 Å². The van der Waals surface area contributed by atoms with Gasteiger partial charge in [0.15, 0.2) is 6.04 Å². The highest BCUT2D eigenvalue weighted by Crippen LogP contribution is 2.17. The molecule has 0 unspecified atom stereocenters. The van der Waals surface area contributed by atoms with Gasteiger partial charge in [0, 0.05) is 6.04 Å². The molecule has 0 saturated heterocycles. The van der Waals surface area contributed by atoms with E-state index in [1.54, 1.807) is 4.90 Å². The summed E-state index contributed by atoms with van der Waals surface area (Å²) in [6.45, 7) is 13.2. The van der Waals surface area contributed by atoms with Crippen LogP contribution in [-0.4, -0.2) is 43.2 Å². The molecule has 0 aromatic rings. The van der Waals surface area contributed by atoms with E-state index in [0.717, 1.165) is 25.9 Å². The summed E-state index contributed by atoms with van der Waals surface area (Å²) in [7, 11) is 0. The Hall–Kier alpha value is -0.610. The number of rotatable bonds is 8. The average Bonchev–Trinajstić information content (AvgIpc) is 2.85. The van der Waals surface area contributed by atoms with Gasteiger partial charge in [0.25, 0.3) is 5.91 Å². The molecule has 0 aliphatic heterocycles. The molecule has 0 aromatic heterocycles. The van der Waals surface area contributed by atoms with Gasteiger partial charge in [-0.25, -0.2) is 0 Å². The van der Waals surface area contributed by atoms with Crippen LogP contribution in [0.1, 0.15) is 60.3 Å². The molecule has 4 nitrogen and oxygen atoms in total. The number of quaternary nitrogens is 2. The third-order valence-electron chi connectivity index (χ3n) is 4.55. The van der Waals surface area contributed by atoms with Gasteiger partial charge in [-0.1, -0.05) is 12.8 Å². The monoisotopic (exact) mass is 285 g/mol. The molecule has 1 fully saturated rings. The van der Waals surface area contributed by atoms with Crippen LogP contribution in [0.15, 0.2) is 0 Å². The Morgan fingerprint density at radius 2 is 1.70 bits per heavy atom. The molecular weight excluding hydrogens is 250 g/mol. The SMILES string of the molecule is CC(C)[NH+](CC[NH2+][C@@H](C)C(=O)NC1CCCC1)C(C)C. The molecule has 0 spiro atoms. The predicted octanol–water partition coefficient (Wildman–Crippen LogP) is -0.301. The van der Waals surface area contributed by atoms with Crippen LogP contribution in [0.3, 0.4) is 0 Å². The highest BCUT2D eigenvalue weighted by atomic mass is 16.2. The fraction of sp³-hybridized carbons (Fsp3) is 0.938. The lowest BCUT2D eigenvalue weighted by molar-refractivity contribution is -0.952. The van der Waals surface area contributed by atoms with Crippen LogP contribution in [0, 0.1) is 0 Å². The van der Waals surface area contributed by atoms with E-state index in [2.05, 4.69) is 38.3 Å². The van der Waals surface area contributed by atoms with Crippen LogP contribution < -0.4 is 15.5 Å². The number of hydrogen-bond acceptors (Lipinski definition) is 1. The molecule has 4 heteroatoms. The second-order valence-corrected chi connectivity index (χ2v) is 6.94. The Labute approximate surface area is 124 Å². The van der Waals surface area contributed by atoms with Crippen LogP contribution in [-0.2, 0) is 4.79 Å². The highest BCUT2D eigenvalue weighted by molar-refractivity contribution is 5.80. The van der Waals surface area contributed by atoms with Crippen molar-refractivity contribution in [3.05, 3.63) is 0 Å². The Morgan fingerprint density at radius 3 is 2.20 bits per heavy atom. The van der Waals surface area contributed by atoms with Crippen LogP contribution in [0.4, 0.5) is 0 Å². The van der Waals surface area contributed by atoms with Crippen molar-refractivity contribution in [2.75, 3.05) is 13.1 Å². The zero-order valence-corrected chi connectivity index (χ0v) is 14.0. The minimum absolute atomic E-state index is 0.0381. The summed E-state index contributed by atoms with van der Waals surface area (Å²) in [5, 5.41) is 5.37. The first-order valence-corrected chi connectivity index (χ1v) is 8.41. The minimum atomic E-state index is 0.0381. The third-order valence-corrected chi connectivity index (χ3v) is 4.55. The van der Waals surface area contributed by atoms with E-state index in [0.29, 0.717) is 18.1 Å². The van der Waals surface area contributed by atoms with E-state index in [1.165, 1.54) is 12.8 Å². The Kier molecular flexibility index (Phi) is 7.52. The van der Waals surface area contributed by atoms with Crippen molar-refractivity contribution in [2.24, 2.45) is 0 Å². The van der Waals surface area contributed by atoms with Gasteiger partial charge in [0.2, 0.25) is 0 Å². The topological polar surface area (TPSA) is 50.2 Å². The summed E-state index contributed by atoms with van der Waals surface area (Å²) >= 11 is 0. The maximum Gasteiger partial charge on any atom is 0.278 e. The van der Waals surface area contributed by atoms with E-state index in [4.69, 9.17) is 0 Å². The van der Waals surface area contributed by atoms with Crippen LogP contribution in [0.5, 0.6) is 0 Å². The number of hydrogen-bond donors (Lipinski definition) is 3. The maximum absolute atomic E-state index is 12.1. The summed E-state index contributed by atoms with van der Waals surface area (Å²) < 4.78 is 0. The van der Waals surface area contributed by atoms with Crippen LogP contribution >= 0.6 is 0 Å². The lowest BCUT2D eigenvalue weighted by atomic mass is 10.2. The Balaban J connectivity index is 2.24. The molecular formula is C16H35N3O+2. The smallest absolute Gasteiger partial charge is 0.278 e. The molecule has 1 atom stereocenters. The minimum Gasteiger partial charge on any atom is -0.348 e. The zero-order valence-electron chi connectivity index (χ0n) is 14.0. The van der Waals surface area contributed by atoms with Gasteiger partial charge in [0.05, 0.1) is 12.1 Å². The lowest BCUT2D eigenvalue weighted by Crippen LogP contribution is -3.20. The molecule has 4 N–H and O–H groups in total. The van der Waals surface area contributed by atoms with Crippen molar-refractivity contribution in [1.82, 2.24) is 5.32 Å². The van der Waals surface area contributed by atoms with E-state index in [-0.39, 0.29) is 11.9 Å². The molecule has 0 bridgehead atoms. The summed E-state index contributed by atoms with van der Waals surface area (Å²) in [4.78, 5) is 13.7. The van der Waals surface area contributed by atoms with Gasteiger partial charge < -0.3 is 15.5 Å². The van der Waals surface area contributed by atoms with Crippen molar-refractivity contribution in [1.29, 1.82) is 0 Å². The molecule has 20 heavy (non-hydrogen) atoms. The van der Waals surface area contributed by atoms with Crippen molar-refractivity contribution in [2.45, 2.75) is 84.5 Å². The van der Waals surface area contributed by atoms with Gasteiger partial charge in [-0.15, -0.1) is 0 Å². The first-order chi connectivity index (χ1) is 9.41. The molecule has 1 saturated carbocycles. The van der Waals surface area contributed by atoms with Crippen molar-refractivity contribution >= 4 is 5.91 Å². The number of carbonyl (C=O) groups is 1. The van der Waals surface area contributed by atoms with Gasteiger partial charge >= 0.3 is 0 Å². The van der Waals surface area contributed by atoms with Crippen molar-refractivity contribution in [3.8, 4) is 0 Å². The fourth-order valence-corrected chi connectivity index (χ4v) is 3.25. The largest absolute Gasteiger partial charge is 0.348 e. The molecule has 0 heterocycles. The molecule has 0 radical (unpaired) electrons. The molecule has 1 amide bonds. The second-order valence-electron chi connectivity index (χ2n) is 6.94. The van der Waals surface area contributed by atoms with E-state index in [9.17, 15) is 4.79 Å².